The number of fused-ring (bicyclic) bond motifs is 7. The first-order chi connectivity index (χ1) is 15.7. The molecule has 0 amide bonds. The Kier molecular flexibility index (Phi) is 6.89. The van der Waals surface area contributed by atoms with Crippen molar-refractivity contribution in [3.8, 4) is 0 Å². The second kappa shape index (κ2) is 8.67. The van der Waals surface area contributed by atoms with Gasteiger partial charge in [-0.15, -0.1) is 0 Å². The van der Waals surface area contributed by atoms with Crippen molar-refractivity contribution in [2.45, 2.75) is 77.0 Å². The van der Waals surface area contributed by atoms with Gasteiger partial charge in [0.2, 0.25) is 0 Å². The minimum atomic E-state index is -4.88. The molecule has 0 aromatic rings. The van der Waals surface area contributed by atoms with Crippen LogP contribution in [0.5, 0.6) is 0 Å². The van der Waals surface area contributed by atoms with Crippen LogP contribution in [0.15, 0.2) is 23.8 Å². The summed E-state index contributed by atoms with van der Waals surface area (Å²) >= 11 is 0. The van der Waals surface area contributed by atoms with Crippen molar-refractivity contribution < 1.29 is 43.0 Å². The van der Waals surface area contributed by atoms with Crippen LogP contribution in [0.2, 0.25) is 0 Å². The van der Waals surface area contributed by atoms with E-state index in [-0.39, 0.29) is 59.5 Å². The molecule has 1 aliphatic heterocycles. The van der Waals surface area contributed by atoms with Crippen molar-refractivity contribution in [2.24, 2.45) is 28.6 Å². The Labute approximate surface area is 227 Å². The second-order valence-corrected chi connectivity index (χ2v) is 12.6. The summed E-state index contributed by atoms with van der Waals surface area (Å²) in [5, 5.41) is 9.93. The standard InChI is InChI=1S/C24H33O9P.Na.H/c1-21(2)31-19-10-16-15-6-5-13-9-14(26)7-8-22(13,3)20(15)17(32-34(28,29)30)11-23(16,4)24(19,33-21)18(27)12-25;;/h7-9,15-17,19-20,25H,5-6,10-12H2,1-4H3,(H2,28,29,30);;/t15-,16-,17-,19+,20+,22-,23-,24+;;/m0../s1. The molecule has 1 heterocycles. The molecule has 0 aromatic heterocycles. The Morgan fingerprint density at radius 1 is 1.26 bits per heavy atom. The first-order valence-electron chi connectivity index (χ1n) is 11.9. The topological polar surface area (TPSA) is 140 Å². The number of allylic oxidation sites excluding steroid dienone is 4. The van der Waals surface area contributed by atoms with Gasteiger partial charge in [0, 0.05) is 16.7 Å². The fourth-order valence-electron chi connectivity index (χ4n) is 8.28. The van der Waals surface area contributed by atoms with Crippen molar-refractivity contribution >= 4 is 48.9 Å². The van der Waals surface area contributed by atoms with E-state index in [0.717, 1.165) is 5.57 Å². The molecule has 0 radical (unpaired) electrons. The van der Waals surface area contributed by atoms with Gasteiger partial charge in [0.1, 0.15) is 6.61 Å². The molecule has 1 saturated heterocycles. The van der Waals surface area contributed by atoms with Crippen molar-refractivity contribution in [3.63, 3.8) is 0 Å². The summed E-state index contributed by atoms with van der Waals surface area (Å²) in [5.41, 5.74) is -1.98. The number of hydrogen-bond donors (Lipinski definition) is 3. The third-order valence-corrected chi connectivity index (χ3v) is 9.84. The molecular weight excluding hydrogens is 486 g/mol. The average Bonchev–Trinajstić information content (AvgIpc) is 3.12. The number of ketones is 2. The van der Waals surface area contributed by atoms with Crippen LogP contribution in [0.25, 0.3) is 0 Å². The quantitative estimate of drug-likeness (QED) is 0.374. The summed E-state index contributed by atoms with van der Waals surface area (Å²) in [4.78, 5) is 45.1. The zero-order chi connectivity index (χ0) is 24.9. The van der Waals surface area contributed by atoms with Crippen LogP contribution in [-0.4, -0.2) is 86.2 Å². The predicted octanol–water partition coefficient (Wildman–Crippen LogP) is 1.80. The monoisotopic (exact) mass is 520 g/mol. The number of rotatable bonds is 4. The van der Waals surface area contributed by atoms with E-state index in [1.165, 1.54) is 6.08 Å². The van der Waals surface area contributed by atoms with Crippen molar-refractivity contribution in [1.29, 1.82) is 0 Å². The normalized spacial score (nSPS) is 45.5. The Morgan fingerprint density at radius 2 is 1.94 bits per heavy atom. The van der Waals surface area contributed by atoms with Crippen LogP contribution in [-0.2, 0) is 28.2 Å². The van der Waals surface area contributed by atoms with Gasteiger partial charge in [-0.05, 0) is 63.5 Å². The van der Waals surface area contributed by atoms with Gasteiger partial charge >= 0.3 is 37.4 Å². The summed E-state index contributed by atoms with van der Waals surface area (Å²) in [7, 11) is -4.88. The Balaban J connectivity index is 0.00000289. The fourth-order valence-corrected chi connectivity index (χ4v) is 8.84. The van der Waals surface area contributed by atoms with Gasteiger partial charge < -0.3 is 24.4 Å². The molecule has 11 heteroatoms. The molecule has 4 fully saturated rings. The fraction of sp³-hybridized carbons (Fsp3) is 0.750. The molecule has 0 spiro atoms. The Hall–Kier alpha value is -0.190. The number of aliphatic hydroxyl groups excluding tert-OH is 1. The first kappa shape index (κ1) is 27.8. The van der Waals surface area contributed by atoms with Crippen LogP contribution < -0.4 is 0 Å². The molecule has 35 heavy (non-hydrogen) atoms. The van der Waals surface area contributed by atoms with Gasteiger partial charge in [0.25, 0.3) is 0 Å². The van der Waals surface area contributed by atoms with E-state index >= 15 is 0 Å². The molecule has 190 valence electrons. The maximum absolute atomic E-state index is 13.3. The van der Waals surface area contributed by atoms with Gasteiger partial charge in [-0.2, -0.15) is 0 Å². The molecule has 0 unspecified atom stereocenters. The second-order valence-electron chi connectivity index (χ2n) is 11.4. The van der Waals surface area contributed by atoms with Crippen LogP contribution in [0, 0.1) is 28.6 Å². The van der Waals surface area contributed by atoms with E-state index in [1.54, 1.807) is 19.9 Å². The number of aliphatic hydroxyl groups is 1. The molecule has 5 aliphatic rings. The summed E-state index contributed by atoms with van der Waals surface area (Å²) in [6, 6.07) is 0. The number of hydrogen-bond acceptors (Lipinski definition) is 7. The number of phosphoric ester groups is 1. The van der Waals surface area contributed by atoms with Crippen LogP contribution in [0.3, 0.4) is 0 Å². The summed E-state index contributed by atoms with van der Waals surface area (Å²) in [5.74, 6) is -2.04. The first-order valence-corrected chi connectivity index (χ1v) is 13.4. The van der Waals surface area contributed by atoms with Crippen molar-refractivity contribution in [1.82, 2.24) is 0 Å². The van der Waals surface area contributed by atoms with Gasteiger partial charge in [-0.25, -0.2) is 4.57 Å². The molecular formula is C24H34NaO9P. The zero-order valence-electron chi connectivity index (χ0n) is 19.9. The summed E-state index contributed by atoms with van der Waals surface area (Å²) < 4.78 is 30.1. The molecule has 9 nitrogen and oxygen atoms in total. The number of carbonyl (C=O) groups is 2. The zero-order valence-corrected chi connectivity index (χ0v) is 20.8. The van der Waals surface area contributed by atoms with E-state index in [0.29, 0.717) is 19.3 Å². The van der Waals surface area contributed by atoms with Crippen molar-refractivity contribution in [3.05, 3.63) is 23.8 Å². The molecule has 3 saturated carbocycles. The van der Waals surface area contributed by atoms with Gasteiger partial charge in [0.05, 0.1) is 12.2 Å². The predicted molar refractivity (Wildman–Crippen MR) is 126 cm³/mol. The summed E-state index contributed by atoms with van der Waals surface area (Å²) in [6.07, 6.45) is 5.56. The van der Waals surface area contributed by atoms with Crippen LogP contribution in [0.4, 0.5) is 0 Å². The number of Topliss-reactive ketones (excluding diaryl/α,β-unsaturated/α-hetero) is 1. The van der Waals surface area contributed by atoms with Crippen LogP contribution in [0.1, 0.15) is 53.4 Å². The van der Waals surface area contributed by atoms with E-state index in [9.17, 15) is 29.0 Å². The van der Waals surface area contributed by atoms with Gasteiger partial charge in [-0.1, -0.05) is 25.5 Å². The van der Waals surface area contributed by atoms with Gasteiger partial charge in [0.15, 0.2) is 23.0 Å². The van der Waals surface area contributed by atoms with Gasteiger partial charge in [-0.3, -0.25) is 14.1 Å². The third-order valence-electron chi connectivity index (χ3n) is 9.30. The van der Waals surface area contributed by atoms with E-state index < -0.39 is 54.6 Å². The van der Waals surface area contributed by atoms with Crippen molar-refractivity contribution in [2.75, 3.05) is 6.61 Å². The van der Waals surface area contributed by atoms with E-state index in [4.69, 9.17) is 14.0 Å². The average molecular weight is 520 g/mol. The number of carbonyl (C=O) groups excluding carboxylic acids is 2. The number of phosphoric acid groups is 1. The molecule has 0 bridgehead atoms. The molecule has 3 N–H and O–H groups in total. The van der Waals surface area contributed by atoms with E-state index in [2.05, 4.69) is 0 Å². The SMILES string of the molecule is CC1(C)O[C@@H]2C[C@H]3[C@@H]4CCC5=CC(=O)C=C[C@]5(C)[C@H]4[C@@H](OP(=O)(O)O)C[C@]3(C)[C@]2(C(=O)CO)O1.[NaH]. The molecule has 4 aliphatic carbocycles. The maximum atomic E-state index is 13.3. The van der Waals surface area contributed by atoms with Crippen LogP contribution >= 0.6 is 7.82 Å². The minimum absolute atomic E-state index is 0. The summed E-state index contributed by atoms with van der Waals surface area (Å²) in [6.45, 7) is 6.65. The molecule has 8 atom stereocenters. The molecule has 0 aromatic carbocycles. The van der Waals surface area contributed by atoms with E-state index in [1.807, 2.05) is 19.9 Å². The number of ether oxygens (including phenoxy) is 2. The molecule has 5 rings (SSSR count). The Bertz CT molecular complexity index is 1050. The third kappa shape index (κ3) is 3.97. The Morgan fingerprint density at radius 3 is 2.57 bits per heavy atom.